The van der Waals surface area contributed by atoms with Gasteiger partial charge in [-0.1, -0.05) is 43.4 Å². The number of aromatic nitrogens is 4. The maximum Gasteiger partial charge on any atom is 0.227 e. The molecule has 3 heterocycles. The number of aromatic amines is 1. The smallest absolute Gasteiger partial charge is 0.227 e. The second-order valence-corrected chi connectivity index (χ2v) is 11.8. The lowest BCUT2D eigenvalue weighted by atomic mass is 10.0. The maximum atomic E-state index is 12.9. The molecule has 0 spiro atoms. The number of hydrogen-bond donors (Lipinski definition) is 2. The summed E-state index contributed by atoms with van der Waals surface area (Å²) in [6.07, 6.45) is 18.0. The number of fused-ring (bicyclic) bond motifs is 1. The van der Waals surface area contributed by atoms with Gasteiger partial charge in [-0.2, -0.15) is 5.10 Å². The summed E-state index contributed by atoms with van der Waals surface area (Å²) in [5, 5.41) is 10.8. The Hall–Kier alpha value is -3.30. The average Bonchev–Trinajstić information content (AvgIpc) is 3.56. The van der Waals surface area contributed by atoms with Gasteiger partial charge in [0, 0.05) is 29.0 Å². The summed E-state index contributed by atoms with van der Waals surface area (Å²) in [7, 11) is -3.20. The van der Waals surface area contributed by atoms with E-state index in [-0.39, 0.29) is 11.7 Å². The van der Waals surface area contributed by atoms with Crippen molar-refractivity contribution in [2.45, 2.75) is 31.4 Å². The van der Waals surface area contributed by atoms with Crippen LogP contribution in [0.1, 0.15) is 37.3 Å². The summed E-state index contributed by atoms with van der Waals surface area (Å²) in [5.41, 5.74) is 3.74. The minimum absolute atomic E-state index is 0.123. The minimum Gasteiger partial charge on any atom is -0.324 e. The van der Waals surface area contributed by atoms with Gasteiger partial charge in [-0.05, 0) is 62.5 Å². The van der Waals surface area contributed by atoms with Crippen molar-refractivity contribution in [3.63, 3.8) is 0 Å². The van der Waals surface area contributed by atoms with Gasteiger partial charge in [-0.15, -0.1) is 0 Å². The van der Waals surface area contributed by atoms with Crippen LogP contribution in [0.25, 0.3) is 23.1 Å². The van der Waals surface area contributed by atoms with Gasteiger partial charge < -0.3 is 10.2 Å². The number of H-pyrrole nitrogens is 1. The van der Waals surface area contributed by atoms with Crippen LogP contribution in [0.2, 0.25) is 0 Å². The Morgan fingerprint density at radius 3 is 2.72 bits per heavy atom. The molecular weight excluding hydrogens is 472 g/mol. The third-order valence-electron chi connectivity index (χ3n) is 6.84. The number of hydrogen-bond acceptors (Lipinski definition) is 7. The molecule has 1 aliphatic heterocycles. The fourth-order valence-corrected chi connectivity index (χ4v) is 6.76. The van der Waals surface area contributed by atoms with E-state index in [4.69, 9.17) is 0 Å². The van der Waals surface area contributed by atoms with Crippen LogP contribution < -0.4 is 5.32 Å². The number of allylic oxidation sites excluding steroid dienone is 2. The van der Waals surface area contributed by atoms with Crippen molar-refractivity contribution >= 4 is 38.8 Å². The highest BCUT2D eigenvalue weighted by Gasteiger charge is 2.29. The quantitative estimate of drug-likeness (QED) is 0.448. The fourth-order valence-electron chi connectivity index (χ4n) is 4.91. The Bertz CT molecular complexity index is 1390. The van der Waals surface area contributed by atoms with Crippen molar-refractivity contribution < 1.29 is 8.42 Å². The molecule has 0 amide bonds. The molecule has 1 saturated heterocycles. The van der Waals surface area contributed by atoms with Crippen LogP contribution in [0.4, 0.5) is 5.95 Å². The van der Waals surface area contributed by atoms with Crippen LogP contribution in [0.3, 0.4) is 0 Å². The average molecular weight is 505 g/mol. The second-order valence-electron chi connectivity index (χ2n) is 9.55. The Balaban J connectivity index is 1.16. The predicted octanol–water partition coefficient (Wildman–Crippen LogP) is 4.29. The molecule has 5 rings (SSSR count). The van der Waals surface area contributed by atoms with Crippen LogP contribution in [0, 0.1) is 5.92 Å². The first-order valence-electron chi connectivity index (χ1n) is 12.5. The van der Waals surface area contributed by atoms with Crippen molar-refractivity contribution in [3.05, 3.63) is 71.8 Å². The number of rotatable bonds is 9. The van der Waals surface area contributed by atoms with Gasteiger partial charge in [0.15, 0.2) is 9.84 Å². The van der Waals surface area contributed by atoms with Gasteiger partial charge in [-0.3, -0.25) is 5.10 Å². The molecule has 2 unspecified atom stereocenters. The molecule has 0 bridgehead atoms. The molecule has 0 radical (unpaired) electrons. The van der Waals surface area contributed by atoms with Crippen LogP contribution in [0.5, 0.6) is 0 Å². The van der Waals surface area contributed by atoms with E-state index in [1.807, 2.05) is 55.6 Å². The summed E-state index contributed by atoms with van der Waals surface area (Å²) in [5.74, 6) is 0.577. The standard InChI is InChI=1S/C27H32N6O2S/c1-20-16-23(10-11-26(20)36(34,35)15-5-14-33-12-2-3-13-33)31-27-28-17-21(18-29-27)8-9-22-6-4-7-25-24(22)19-30-32-25/h4,6-11,16-20,26H,2-3,5,12-15H2,1H3,(H,30,32)(H,28,29,31)/b9-8+. The normalized spacial score (nSPS) is 20.9. The third kappa shape index (κ3) is 5.74. The summed E-state index contributed by atoms with van der Waals surface area (Å²) >= 11 is 0. The molecular formula is C27H32N6O2S. The van der Waals surface area contributed by atoms with Gasteiger partial charge in [0.2, 0.25) is 5.95 Å². The minimum atomic E-state index is -3.20. The molecule has 8 nitrogen and oxygen atoms in total. The molecule has 1 aromatic carbocycles. The Morgan fingerprint density at radius 1 is 1.14 bits per heavy atom. The predicted molar refractivity (Wildman–Crippen MR) is 145 cm³/mol. The van der Waals surface area contributed by atoms with E-state index in [1.165, 1.54) is 12.8 Å². The zero-order chi connectivity index (χ0) is 25.0. The van der Waals surface area contributed by atoms with Crippen molar-refractivity contribution in [1.29, 1.82) is 0 Å². The molecule has 1 aliphatic carbocycles. The van der Waals surface area contributed by atoms with Crippen LogP contribution in [-0.4, -0.2) is 64.1 Å². The first kappa shape index (κ1) is 24.4. The maximum absolute atomic E-state index is 12.9. The zero-order valence-electron chi connectivity index (χ0n) is 20.5. The summed E-state index contributed by atoms with van der Waals surface area (Å²) in [6.45, 7) is 5.01. The van der Waals surface area contributed by atoms with E-state index < -0.39 is 15.1 Å². The SMILES string of the molecule is CC1C=C(Nc2ncc(/C=C/c3cccc4[nH]ncc34)cn2)C=CC1S(=O)(=O)CCCN1CCCC1. The summed E-state index contributed by atoms with van der Waals surface area (Å²) in [4.78, 5) is 11.2. The van der Waals surface area contributed by atoms with Gasteiger partial charge in [0.05, 0.1) is 22.7 Å². The lowest BCUT2D eigenvalue weighted by Crippen LogP contribution is -2.31. The zero-order valence-corrected chi connectivity index (χ0v) is 21.3. The van der Waals surface area contributed by atoms with Gasteiger partial charge in [-0.25, -0.2) is 18.4 Å². The number of anilines is 1. The third-order valence-corrected chi connectivity index (χ3v) is 9.12. The number of nitrogens with zero attached hydrogens (tertiary/aromatic N) is 4. The fraction of sp³-hybridized carbons (Fsp3) is 0.370. The summed E-state index contributed by atoms with van der Waals surface area (Å²) in [6, 6.07) is 6.02. The van der Waals surface area contributed by atoms with E-state index in [0.29, 0.717) is 12.4 Å². The number of nitrogens with one attached hydrogen (secondary N) is 2. The lowest BCUT2D eigenvalue weighted by molar-refractivity contribution is 0.339. The number of benzene rings is 1. The van der Waals surface area contributed by atoms with Crippen LogP contribution in [-0.2, 0) is 9.84 Å². The Morgan fingerprint density at radius 2 is 1.94 bits per heavy atom. The summed E-state index contributed by atoms with van der Waals surface area (Å²) < 4.78 is 25.9. The molecule has 2 aromatic heterocycles. The second kappa shape index (κ2) is 10.8. The molecule has 2 aliphatic rings. The highest BCUT2D eigenvalue weighted by Crippen LogP contribution is 2.25. The van der Waals surface area contributed by atoms with Gasteiger partial charge in [0.1, 0.15) is 0 Å². The monoisotopic (exact) mass is 504 g/mol. The number of likely N-dealkylation sites (tertiary alicyclic amines) is 1. The van der Waals surface area contributed by atoms with E-state index in [1.54, 1.807) is 18.5 Å². The van der Waals surface area contributed by atoms with E-state index in [9.17, 15) is 8.42 Å². The first-order valence-corrected chi connectivity index (χ1v) is 14.2. The van der Waals surface area contributed by atoms with Crippen molar-refractivity contribution in [1.82, 2.24) is 25.1 Å². The lowest BCUT2D eigenvalue weighted by Gasteiger charge is -2.24. The topological polar surface area (TPSA) is 104 Å². The molecule has 2 atom stereocenters. The van der Waals surface area contributed by atoms with Crippen molar-refractivity contribution in [2.24, 2.45) is 5.92 Å². The largest absolute Gasteiger partial charge is 0.324 e. The Labute approximate surface area is 212 Å². The van der Waals surface area contributed by atoms with Gasteiger partial charge >= 0.3 is 0 Å². The van der Waals surface area contributed by atoms with E-state index in [2.05, 4.69) is 30.4 Å². The molecule has 36 heavy (non-hydrogen) atoms. The van der Waals surface area contributed by atoms with Gasteiger partial charge in [0.25, 0.3) is 0 Å². The highest BCUT2D eigenvalue weighted by atomic mass is 32.2. The van der Waals surface area contributed by atoms with E-state index in [0.717, 1.165) is 47.4 Å². The van der Waals surface area contributed by atoms with Crippen molar-refractivity contribution in [3.8, 4) is 0 Å². The Kier molecular flexibility index (Phi) is 7.29. The molecule has 2 N–H and O–H groups in total. The van der Waals surface area contributed by atoms with E-state index >= 15 is 0 Å². The van der Waals surface area contributed by atoms with Crippen LogP contribution in [0.15, 0.2) is 60.7 Å². The molecule has 9 heteroatoms. The number of sulfone groups is 1. The molecule has 0 saturated carbocycles. The molecule has 3 aromatic rings. The van der Waals surface area contributed by atoms with Crippen LogP contribution >= 0.6 is 0 Å². The molecule has 1 fully saturated rings. The first-order chi connectivity index (χ1) is 17.5. The highest BCUT2D eigenvalue weighted by molar-refractivity contribution is 7.92. The molecule has 188 valence electrons. The van der Waals surface area contributed by atoms with Crippen molar-refractivity contribution in [2.75, 3.05) is 30.7 Å².